The summed E-state index contributed by atoms with van der Waals surface area (Å²) in [5.41, 5.74) is 4.17. The number of nitrogens with one attached hydrogen (secondary N) is 1. The number of ether oxygens (including phenoxy) is 1. The van der Waals surface area contributed by atoms with Gasteiger partial charge in [-0.3, -0.25) is 9.59 Å². The molecule has 2 aromatic carbocycles. The molecule has 0 aromatic heterocycles. The Balaban J connectivity index is 1.46. The van der Waals surface area contributed by atoms with E-state index < -0.39 is 5.97 Å². The molecule has 2 aromatic rings. The molecule has 0 radical (unpaired) electrons. The maximum Gasteiger partial charge on any atom is 0.310 e. The zero-order chi connectivity index (χ0) is 16.9. The Kier molecular flexibility index (Phi) is 5.16. The Bertz CT molecular complexity index is 756. The number of carbonyl (C=O) groups excluding carboxylic acids is 2. The van der Waals surface area contributed by atoms with Gasteiger partial charge in [-0.1, -0.05) is 29.8 Å². The van der Waals surface area contributed by atoms with Crippen molar-refractivity contribution in [1.29, 1.82) is 0 Å². The quantitative estimate of drug-likeness (QED) is 0.845. The number of anilines is 1. The van der Waals surface area contributed by atoms with Crippen LogP contribution < -0.4 is 5.32 Å². The van der Waals surface area contributed by atoms with Gasteiger partial charge in [0, 0.05) is 10.7 Å². The second kappa shape index (κ2) is 7.49. The molecule has 0 fully saturated rings. The van der Waals surface area contributed by atoms with Gasteiger partial charge >= 0.3 is 5.97 Å². The smallest absolute Gasteiger partial charge is 0.310 e. The fourth-order valence-electron chi connectivity index (χ4n) is 2.81. The first kappa shape index (κ1) is 16.5. The van der Waals surface area contributed by atoms with Gasteiger partial charge in [-0.05, 0) is 60.2 Å². The lowest BCUT2D eigenvalue weighted by Crippen LogP contribution is -2.21. The van der Waals surface area contributed by atoms with Crippen molar-refractivity contribution in [2.45, 2.75) is 25.7 Å². The monoisotopic (exact) mass is 343 g/mol. The first-order valence-electron chi connectivity index (χ1n) is 7.92. The van der Waals surface area contributed by atoms with E-state index in [1.807, 2.05) is 18.2 Å². The summed E-state index contributed by atoms with van der Waals surface area (Å²) in [6.45, 7) is -0.288. The van der Waals surface area contributed by atoms with E-state index in [4.69, 9.17) is 16.3 Å². The lowest BCUT2D eigenvalue weighted by molar-refractivity contribution is -0.146. The summed E-state index contributed by atoms with van der Waals surface area (Å²) in [5.74, 6) is -0.779. The van der Waals surface area contributed by atoms with Gasteiger partial charge in [0.05, 0.1) is 6.42 Å². The predicted octanol–water partition coefficient (Wildman–Crippen LogP) is 3.55. The molecular formula is C19H18ClNO3. The Morgan fingerprint density at radius 3 is 2.58 bits per heavy atom. The molecule has 0 heterocycles. The van der Waals surface area contributed by atoms with Crippen LogP contribution in [-0.2, 0) is 33.6 Å². The zero-order valence-corrected chi connectivity index (χ0v) is 13.9. The molecular weight excluding hydrogens is 326 g/mol. The highest BCUT2D eigenvalue weighted by atomic mass is 35.5. The molecule has 1 aliphatic rings. The molecule has 1 aliphatic carbocycles. The number of halogens is 1. The van der Waals surface area contributed by atoms with Crippen LogP contribution in [0.3, 0.4) is 0 Å². The predicted molar refractivity (Wildman–Crippen MR) is 93.2 cm³/mol. The number of amides is 1. The van der Waals surface area contributed by atoms with Crippen molar-refractivity contribution < 1.29 is 14.3 Å². The van der Waals surface area contributed by atoms with Gasteiger partial charge < -0.3 is 10.1 Å². The van der Waals surface area contributed by atoms with E-state index >= 15 is 0 Å². The molecule has 1 amide bonds. The van der Waals surface area contributed by atoms with E-state index in [-0.39, 0.29) is 18.9 Å². The highest BCUT2D eigenvalue weighted by Crippen LogP contribution is 2.24. The van der Waals surface area contributed by atoms with Crippen LogP contribution in [0.15, 0.2) is 42.5 Å². The summed E-state index contributed by atoms with van der Waals surface area (Å²) in [6, 6.07) is 12.9. The van der Waals surface area contributed by atoms with Crippen LogP contribution in [0.5, 0.6) is 0 Å². The van der Waals surface area contributed by atoms with Crippen molar-refractivity contribution in [3.8, 4) is 0 Å². The molecule has 4 nitrogen and oxygen atoms in total. The average molecular weight is 344 g/mol. The largest absolute Gasteiger partial charge is 0.455 e. The molecule has 24 heavy (non-hydrogen) atoms. The lowest BCUT2D eigenvalue weighted by atomic mass is 10.1. The Morgan fingerprint density at radius 2 is 1.79 bits per heavy atom. The summed E-state index contributed by atoms with van der Waals surface area (Å²) < 4.78 is 5.02. The topological polar surface area (TPSA) is 55.4 Å². The summed E-state index contributed by atoms with van der Waals surface area (Å²) in [7, 11) is 0. The number of carbonyl (C=O) groups is 2. The van der Waals surface area contributed by atoms with Gasteiger partial charge in [0.2, 0.25) is 0 Å². The summed E-state index contributed by atoms with van der Waals surface area (Å²) in [5, 5.41) is 3.38. The molecule has 0 bridgehead atoms. The molecule has 0 saturated heterocycles. The van der Waals surface area contributed by atoms with Crippen molar-refractivity contribution in [3.63, 3.8) is 0 Å². The number of hydrogen-bond donors (Lipinski definition) is 1. The average Bonchev–Trinajstić information content (AvgIpc) is 3.03. The van der Waals surface area contributed by atoms with Crippen molar-refractivity contribution in [1.82, 2.24) is 0 Å². The van der Waals surface area contributed by atoms with Crippen molar-refractivity contribution >= 4 is 29.2 Å². The van der Waals surface area contributed by atoms with E-state index in [1.165, 1.54) is 11.1 Å². The second-order valence-electron chi connectivity index (χ2n) is 5.85. The van der Waals surface area contributed by atoms with Gasteiger partial charge in [-0.25, -0.2) is 0 Å². The van der Waals surface area contributed by atoms with Crippen LogP contribution in [0.25, 0.3) is 0 Å². The normalized spacial score (nSPS) is 12.5. The van der Waals surface area contributed by atoms with Crippen molar-refractivity contribution in [2.24, 2.45) is 0 Å². The molecule has 0 unspecified atom stereocenters. The SMILES string of the molecule is O=C(COC(=O)Cc1ccc(Cl)cc1)Nc1ccc2c(c1)CCC2. The first-order chi connectivity index (χ1) is 11.6. The summed E-state index contributed by atoms with van der Waals surface area (Å²) in [4.78, 5) is 23.7. The van der Waals surface area contributed by atoms with Crippen LogP contribution in [0, 0.1) is 0 Å². The van der Waals surface area contributed by atoms with E-state index in [1.54, 1.807) is 24.3 Å². The third-order valence-electron chi connectivity index (χ3n) is 4.01. The number of fused-ring (bicyclic) bond motifs is 1. The van der Waals surface area contributed by atoms with E-state index in [0.29, 0.717) is 5.02 Å². The van der Waals surface area contributed by atoms with Crippen LogP contribution >= 0.6 is 11.6 Å². The second-order valence-corrected chi connectivity index (χ2v) is 6.29. The first-order valence-corrected chi connectivity index (χ1v) is 8.30. The van der Waals surface area contributed by atoms with Crippen LogP contribution in [0.1, 0.15) is 23.1 Å². The maximum absolute atomic E-state index is 11.9. The Hall–Kier alpha value is -2.33. The van der Waals surface area contributed by atoms with E-state index in [0.717, 1.165) is 30.5 Å². The van der Waals surface area contributed by atoms with E-state index in [9.17, 15) is 9.59 Å². The van der Waals surface area contributed by atoms with Crippen LogP contribution in [-0.4, -0.2) is 18.5 Å². The van der Waals surface area contributed by atoms with Gasteiger partial charge in [0.25, 0.3) is 5.91 Å². The number of rotatable bonds is 5. The minimum atomic E-state index is -0.443. The lowest BCUT2D eigenvalue weighted by Gasteiger charge is -2.08. The van der Waals surface area contributed by atoms with Gasteiger partial charge in [-0.2, -0.15) is 0 Å². The fraction of sp³-hybridized carbons (Fsp3) is 0.263. The van der Waals surface area contributed by atoms with Crippen LogP contribution in [0.4, 0.5) is 5.69 Å². The zero-order valence-electron chi connectivity index (χ0n) is 13.2. The standard InChI is InChI=1S/C19H18ClNO3/c20-16-7-4-13(5-8-16)10-19(23)24-12-18(22)21-17-9-6-14-2-1-3-15(14)11-17/h4-9,11H,1-3,10,12H2,(H,21,22). The van der Waals surface area contributed by atoms with Crippen LogP contribution in [0.2, 0.25) is 5.02 Å². The van der Waals surface area contributed by atoms with Gasteiger partial charge in [0.1, 0.15) is 0 Å². The molecule has 0 atom stereocenters. The highest BCUT2D eigenvalue weighted by Gasteiger charge is 2.13. The van der Waals surface area contributed by atoms with Crippen molar-refractivity contribution in [3.05, 3.63) is 64.2 Å². The Morgan fingerprint density at radius 1 is 1.04 bits per heavy atom. The molecule has 124 valence electrons. The third kappa shape index (κ3) is 4.36. The third-order valence-corrected chi connectivity index (χ3v) is 4.26. The number of benzene rings is 2. The molecule has 5 heteroatoms. The minimum Gasteiger partial charge on any atom is -0.455 e. The highest BCUT2D eigenvalue weighted by molar-refractivity contribution is 6.30. The number of hydrogen-bond acceptors (Lipinski definition) is 3. The summed E-state index contributed by atoms with van der Waals surface area (Å²) in [6.07, 6.45) is 3.43. The van der Waals surface area contributed by atoms with E-state index in [2.05, 4.69) is 5.32 Å². The molecule has 0 aliphatic heterocycles. The molecule has 3 rings (SSSR count). The van der Waals surface area contributed by atoms with Gasteiger partial charge in [0.15, 0.2) is 6.61 Å². The van der Waals surface area contributed by atoms with Gasteiger partial charge in [-0.15, -0.1) is 0 Å². The molecule has 0 saturated carbocycles. The number of esters is 1. The fourth-order valence-corrected chi connectivity index (χ4v) is 2.94. The minimum absolute atomic E-state index is 0.114. The maximum atomic E-state index is 11.9. The number of aryl methyl sites for hydroxylation is 2. The molecule has 0 spiro atoms. The molecule has 1 N–H and O–H groups in total. The summed E-state index contributed by atoms with van der Waals surface area (Å²) >= 11 is 5.79. The van der Waals surface area contributed by atoms with Crippen molar-refractivity contribution in [2.75, 3.05) is 11.9 Å². The Labute approximate surface area is 145 Å².